The maximum Gasteiger partial charge on any atom is 0.377 e. The first-order valence-electron chi connectivity index (χ1n) is 18.6. The summed E-state index contributed by atoms with van der Waals surface area (Å²) in [6, 6.07) is 30.7. The van der Waals surface area contributed by atoms with E-state index in [1.165, 1.54) is 56.1 Å². The molecule has 0 spiro atoms. The van der Waals surface area contributed by atoms with Crippen molar-refractivity contribution >= 4 is 0 Å². The SMILES string of the molecule is Cc1ccn(-c2c(C(C)C)cccc2C(C)C)c1-c1cccc(Oc2cccc(-c3c(C)ccn3-c3c(C(C)C)cccc3C(C)C)[n+]2C)[n+]1C. The van der Waals surface area contributed by atoms with Crippen molar-refractivity contribution in [1.82, 2.24) is 9.13 Å². The molecule has 0 saturated heterocycles. The first-order valence-corrected chi connectivity index (χ1v) is 18.6. The quantitative estimate of drug-likeness (QED) is 0.132. The molecule has 0 bridgehead atoms. The average molecular weight is 681 g/mol. The summed E-state index contributed by atoms with van der Waals surface area (Å²) in [6.45, 7) is 22.7. The smallest absolute Gasteiger partial charge is 0.348 e. The molecule has 0 amide bonds. The van der Waals surface area contributed by atoms with Gasteiger partial charge in [-0.3, -0.25) is 0 Å². The fourth-order valence-corrected chi connectivity index (χ4v) is 7.58. The van der Waals surface area contributed by atoms with Gasteiger partial charge in [-0.15, -0.1) is 0 Å². The molecule has 4 aromatic heterocycles. The summed E-state index contributed by atoms with van der Waals surface area (Å²) in [5.74, 6) is 3.12. The van der Waals surface area contributed by atoms with Gasteiger partial charge < -0.3 is 13.9 Å². The van der Waals surface area contributed by atoms with E-state index in [1.807, 2.05) is 0 Å². The summed E-state index contributed by atoms with van der Waals surface area (Å²) < 4.78 is 16.0. The zero-order valence-corrected chi connectivity index (χ0v) is 32.7. The van der Waals surface area contributed by atoms with Gasteiger partial charge in [-0.05, 0) is 95.2 Å². The minimum atomic E-state index is 0.394. The standard InChI is InChI=1S/C46H56N4O/c1-29(2)35-17-13-18-36(30(3)4)45(35)49-27-25-33(9)43(49)39-21-15-23-41(47(39)11)51-42-24-16-22-40(48(42)12)44-34(10)26-28-50(44)46-37(31(5)6)19-14-20-38(46)32(7)8/h13-32H,1-12H3/q+2. The Morgan fingerprint density at radius 1 is 0.451 bits per heavy atom. The molecule has 0 saturated carbocycles. The highest BCUT2D eigenvalue weighted by atomic mass is 16.5. The second-order valence-corrected chi connectivity index (χ2v) is 15.3. The normalized spacial score (nSPS) is 11.8. The van der Waals surface area contributed by atoms with Crippen molar-refractivity contribution in [3.8, 4) is 45.9 Å². The Balaban J connectivity index is 1.45. The van der Waals surface area contributed by atoms with Crippen LogP contribution in [-0.4, -0.2) is 9.13 Å². The van der Waals surface area contributed by atoms with Gasteiger partial charge in [0.05, 0.1) is 23.5 Å². The number of hydrogen-bond acceptors (Lipinski definition) is 1. The molecular weight excluding hydrogens is 625 g/mol. The van der Waals surface area contributed by atoms with Crippen molar-refractivity contribution in [2.45, 2.75) is 92.9 Å². The van der Waals surface area contributed by atoms with Crippen LogP contribution < -0.4 is 13.9 Å². The van der Waals surface area contributed by atoms with E-state index in [0.717, 1.165) is 23.1 Å². The first-order chi connectivity index (χ1) is 24.3. The summed E-state index contributed by atoms with van der Waals surface area (Å²) in [4.78, 5) is 0. The van der Waals surface area contributed by atoms with Crippen LogP contribution >= 0.6 is 0 Å². The number of aryl methyl sites for hydroxylation is 2. The van der Waals surface area contributed by atoms with Gasteiger partial charge in [-0.2, -0.15) is 9.13 Å². The fraction of sp³-hybridized carbons (Fsp3) is 0.348. The van der Waals surface area contributed by atoms with E-state index >= 15 is 0 Å². The highest BCUT2D eigenvalue weighted by Crippen LogP contribution is 2.37. The fourth-order valence-electron chi connectivity index (χ4n) is 7.58. The molecule has 0 aliphatic rings. The molecule has 0 fully saturated rings. The van der Waals surface area contributed by atoms with E-state index in [2.05, 4.69) is 199 Å². The van der Waals surface area contributed by atoms with Crippen molar-refractivity contribution in [3.05, 3.63) is 131 Å². The molecule has 0 unspecified atom stereocenters. The molecule has 4 heterocycles. The Hall–Kier alpha value is -4.90. The molecule has 264 valence electrons. The summed E-state index contributed by atoms with van der Waals surface area (Å²) in [7, 11) is 4.21. The third-order valence-electron chi connectivity index (χ3n) is 10.4. The van der Waals surface area contributed by atoms with Crippen molar-refractivity contribution in [3.63, 3.8) is 0 Å². The van der Waals surface area contributed by atoms with Gasteiger partial charge in [0.2, 0.25) is 11.4 Å². The molecule has 6 rings (SSSR count). The first kappa shape index (κ1) is 35.9. The van der Waals surface area contributed by atoms with Crippen molar-refractivity contribution in [2.75, 3.05) is 0 Å². The van der Waals surface area contributed by atoms with E-state index in [-0.39, 0.29) is 0 Å². The van der Waals surface area contributed by atoms with Gasteiger partial charge >= 0.3 is 11.8 Å². The predicted molar refractivity (Wildman–Crippen MR) is 211 cm³/mol. The minimum absolute atomic E-state index is 0.394. The molecule has 0 aliphatic carbocycles. The Morgan fingerprint density at radius 2 is 0.765 bits per heavy atom. The Bertz CT molecular complexity index is 1990. The van der Waals surface area contributed by atoms with Gasteiger partial charge in [-0.1, -0.05) is 91.8 Å². The maximum atomic E-state index is 6.84. The second-order valence-electron chi connectivity index (χ2n) is 15.3. The molecule has 51 heavy (non-hydrogen) atoms. The van der Waals surface area contributed by atoms with Crippen LogP contribution in [-0.2, 0) is 14.1 Å². The number of ether oxygens (including phenoxy) is 1. The number of aromatic nitrogens is 4. The molecule has 0 aliphatic heterocycles. The number of nitrogens with zero attached hydrogens (tertiary/aromatic N) is 4. The number of para-hydroxylation sites is 2. The van der Waals surface area contributed by atoms with Crippen molar-refractivity contribution in [2.24, 2.45) is 14.1 Å². The van der Waals surface area contributed by atoms with Crippen molar-refractivity contribution < 1.29 is 13.9 Å². The lowest BCUT2D eigenvalue weighted by atomic mass is 9.92. The van der Waals surface area contributed by atoms with E-state index in [4.69, 9.17) is 4.74 Å². The predicted octanol–water partition coefficient (Wildman–Crippen LogP) is 11.2. The molecular formula is C46H56N4O+2. The zero-order valence-electron chi connectivity index (χ0n) is 32.7. The van der Waals surface area contributed by atoms with E-state index in [9.17, 15) is 0 Å². The lowest BCUT2D eigenvalue weighted by Crippen LogP contribution is -2.37. The minimum Gasteiger partial charge on any atom is -0.348 e. The van der Waals surface area contributed by atoms with Crippen LogP contribution in [0.5, 0.6) is 11.8 Å². The Labute approximate surface area is 305 Å². The topological polar surface area (TPSA) is 26.8 Å². The summed E-state index contributed by atoms with van der Waals surface area (Å²) in [6.07, 6.45) is 4.46. The van der Waals surface area contributed by atoms with Gasteiger partial charge in [0.15, 0.2) is 0 Å². The third-order valence-corrected chi connectivity index (χ3v) is 10.4. The lowest BCUT2D eigenvalue weighted by Gasteiger charge is -2.22. The molecule has 6 aromatic rings. The van der Waals surface area contributed by atoms with Crippen LogP contribution in [0.2, 0.25) is 0 Å². The highest BCUT2D eigenvalue weighted by Gasteiger charge is 2.29. The molecule has 0 N–H and O–H groups in total. The second kappa shape index (κ2) is 14.4. The molecule has 0 atom stereocenters. The van der Waals surface area contributed by atoms with Crippen molar-refractivity contribution in [1.29, 1.82) is 0 Å². The van der Waals surface area contributed by atoms with Crippen LogP contribution in [0.25, 0.3) is 34.2 Å². The Morgan fingerprint density at radius 3 is 1.08 bits per heavy atom. The molecule has 0 radical (unpaired) electrons. The highest BCUT2D eigenvalue weighted by molar-refractivity contribution is 5.66. The summed E-state index contributed by atoms with van der Waals surface area (Å²) in [5.41, 5.74) is 15.0. The van der Waals surface area contributed by atoms with Crippen LogP contribution in [0.4, 0.5) is 0 Å². The molecule has 2 aromatic carbocycles. The molecule has 5 heteroatoms. The average Bonchev–Trinajstić information content (AvgIpc) is 3.67. The van der Waals surface area contributed by atoms with Gasteiger partial charge in [0.25, 0.3) is 0 Å². The zero-order chi connectivity index (χ0) is 36.7. The summed E-state index contributed by atoms with van der Waals surface area (Å²) in [5, 5.41) is 0. The molecule has 5 nitrogen and oxygen atoms in total. The van der Waals surface area contributed by atoms with E-state index in [0.29, 0.717) is 23.7 Å². The number of benzene rings is 2. The van der Waals surface area contributed by atoms with Crippen LogP contribution in [0.1, 0.15) is 112 Å². The van der Waals surface area contributed by atoms with E-state index in [1.54, 1.807) is 0 Å². The van der Waals surface area contributed by atoms with Crippen LogP contribution in [0.15, 0.2) is 97.3 Å². The number of rotatable bonds is 10. The van der Waals surface area contributed by atoms with Crippen LogP contribution in [0, 0.1) is 13.8 Å². The summed E-state index contributed by atoms with van der Waals surface area (Å²) >= 11 is 0. The van der Waals surface area contributed by atoms with Crippen LogP contribution in [0.3, 0.4) is 0 Å². The monoisotopic (exact) mass is 680 g/mol. The number of pyridine rings is 2. The number of hydrogen-bond donors (Lipinski definition) is 0. The van der Waals surface area contributed by atoms with E-state index < -0.39 is 0 Å². The third kappa shape index (κ3) is 6.55. The lowest BCUT2D eigenvalue weighted by molar-refractivity contribution is -0.685. The van der Waals surface area contributed by atoms with Gasteiger partial charge in [-0.25, -0.2) is 0 Å². The van der Waals surface area contributed by atoms with Gasteiger partial charge in [0.1, 0.15) is 25.5 Å². The largest absolute Gasteiger partial charge is 0.377 e. The Kier molecular flexibility index (Phi) is 10.1. The maximum absolute atomic E-state index is 6.84. The van der Waals surface area contributed by atoms with Gasteiger partial charge in [0, 0.05) is 24.5 Å².